The molecule has 2 N–H and O–H groups in total. The van der Waals surface area contributed by atoms with Gasteiger partial charge in [0.15, 0.2) is 5.82 Å². The van der Waals surface area contributed by atoms with Crippen LogP contribution in [0.5, 0.6) is 0 Å². The third-order valence-electron chi connectivity index (χ3n) is 3.28. The highest BCUT2D eigenvalue weighted by Gasteiger charge is 2.33. The topological polar surface area (TPSA) is 63.4 Å². The van der Waals surface area contributed by atoms with E-state index in [2.05, 4.69) is 0 Å². The summed E-state index contributed by atoms with van der Waals surface area (Å²) in [6, 6.07) is 2.33. The Bertz CT molecular complexity index is 603. The van der Waals surface area contributed by atoms with Crippen molar-refractivity contribution in [2.75, 3.05) is 18.8 Å². The molecular weight excluding hydrogens is 303 g/mol. The molecule has 4 nitrogen and oxygen atoms in total. The highest BCUT2D eigenvalue weighted by molar-refractivity contribution is 7.89. The molecule has 1 saturated carbocycles. The fourth-order valence-corrected chi connectivity index (χ4v) is 4.08. The van der Waals surface area contributed by atoms with Crippen molar-refractivity contribution in [1.82, 2.24) is 4.31 Å². The van der Waals surface area contributed by atoms with Gasteiger partial charge in [0.2, 0.25) is 10.0 Å². The molecule has 0 spiro atoms. The first kappa shape index (κ1) is 15.5. The van der Waals surface area contributed by atoms with E-state index in [1.807, 2.05) is 6.92 Å². The fourth-order valence-electron chi connectivity index (χ4n) is 2.06. The van der Waals surface area contributed by atoms with E-state index in [9.17, 15) is 12.8 Å². The first-order valence-electron chi connectivity index (χ1n) is 6.61. The predicted molar refractivity (Wildman–Crippen MR) is 77.6 cm³/mol. The third kappa shape index (κ3) is 3.24. The van der Waals surface area contributed by atoms with Gasteiger partial charge in [-0.3, -0.25) is 0 Å². The Morgan fingerprint density at radius 3 is 2.65 bits per heavy atom. The number of benzene rings is 1. The number of rotatable bonds is 6. The minimum Gasteiger partial charge on any atom is -0.396 e. The van der Waals surface area contributed by atoms with Gasteiger partial charge >= 0.3 is 0 Å². The lowest BCUT2D eigenvalue weighted by atomic mass is 10.3. The normalized spacial score (nSPS) is 15.8. The van der Waals surface area contributed by atoms with Crippen molar-refractivity contribution in [3.8, 4) is 0 Å². The van der Waals surface area contributed by atoms with Gasteiger partial charge < -0.3 is 5.73 Å². The average molecular weight is 321 g/mol. The third-order valence-corrected chi connectivity index (χ3v) is 5.36. The summed E-state index contributed by atoms with van der Waals surface area (Å²) >= 11 is 5.80. The summed E-state index contributed by atoms with van der Waals surface area (Å²) in [5.41, 5.74) is 5.21. The molecule has 1 fully saturated rings. The van der Waals surface area contributed by atoms with Crippen LogP contribution in [0.2, 0.25) is 5.02 Å². The molecule has 1 aliphatic carbocycles. The van der Waals surface area contributed by atoms with E-state index in [0.717, 1.165) is 18.9 Å². The largest absolute Gasteiger partial charge is 0.396 e. The molecule has 20 heavy (non-hydrogen) atoms. The molecule has 0 bridgehead atoms. The van der Waals surface area contributed by atoms with E-state index in [1.54, 1.807) is 0 Å². The minimum absolute atomic E-state index is 0.116. The van der Waals surface area contributed by atoms with Crippen molar-refractivity contribution in [3.63, 3.8) is 0 Å². The lowest BCUT2D eigenvalue weighted by Crippen LogP contribution is -2.34. The Hall–Kier alpha value is -0.850. The van der Waals surface area contributed by atoms with E-state index in [1.165, 1.54) is 10.4 Å². The van der Waals surface area contributed by atoms with Crippen LogP contribution >= 0.6 is 11.6 Å². The second-order valence-corrected chi connectivity index (χ2v) is 7.46. The lowest BCUT2D eigenvalue weighted by Gasteiger charge is -2.22. The number of sulfonamides is 1. The van der Waals surface area contributed by atoms with Gasteiger partial charge in [-0.1, -0.05) is 18.5 Å². The van der Waals surface area contributed by atoms with Gasteiger partial charge in [0.25, 0.3) is 0 Å². The van der Waals surface area contributed by atoms with Gasteiger partial charge in [0, 0.05) is 18.1 Å². The van der Waals surface area contributed by atoms with E-state index in [4.69, 9.17) is 17.3 Å². The SMILES string of the molecule is CCCN(CC1CC1)S(=O)(=O)c1cc(Cl)cc(N)c1F. The average Bonchev–Trinajstić information content (AvgIpc) is 3.17. The zero-order valence-electron chi connectivity index (χ0n) is 11.3. The highest BCUT2D eigenvalue weighted by Crippen LogP contribution is 2.33. The van der Waals surface area contributed by atoms with E-state index >= 15 is 0 Å². The molecule has 112 valence electrons. The lowest BCUT2D eigenvalue weighted by molar-refractivity contribution is 0.393. The standard InChI is InChI=1S/C13H18ClFN2O2S/c1-2-5-17(8-9-3-4-9)20(18,19)12-7-10(14)6-11(16)13(12)15/h6-7,9H,2-5,8,16H2,1H3. The summed E-state index contributed by atoms with van der Waals surface area (Å²) in [7, 11) is -3.90. The van der Waals surface area contributed by atoms with Crippen LogP contribution in [0, 0.1) is 11.7 Å². The molecule has 1 aromatic carbocycles. The Kier molecular flexibility index (Phi) is 4.56. The van der Waals surface area contributed by atoms with Crippen LogP contribution in [-0.2, 0) is 10.0 Å². The first-order chi connectivity index (χ1) is 9.36. The Labute approximate surface area is 123 Å². The maximum Gasteiger partial charge on any atom is 0.246 e. The van der Waals surface area contributed by atoms with Gasteiger partial charge in [-0.05, 0) is 37.3 Å². The van der Waals surface area contributed by atoms with Crippen molar-refractivity contribution < 1.29 is 12.8 Å². The summed E-state index contributed by atoms with van der Waals surface area (Å²) in [4.78, 5) is -0.434. The van der Waals surface area contributed by atoms with Crippen LogP contribution in [0.1, 0.15) is 26.2 Å². The summed E-state index contributed by atoms with van der Waals surface area (Å²) in [6.07, 6.45) is 2.72. The van der Waals surface area contributed by atoms with Crippen molar-refractivity contribution in [3.05, 3.63) is 23.0 Å². The number of halogens is 2. The van der Waals surface area contributed by atoms with Gasteiger partial charge in [-0.25, -0.2) is 12.8 Å². The zero-order valence-corrected chi connectivity index (χ0v) is 12.8. The van der Waals surface area contributed by atoms with Gasteiger partial charge in [0.1, 0.15) is 4.90 Å². The van der Waals surface area contributed by atoms with Crippen molar-refractivity contribution in [1.29, 1.82) is 0 Å². The highest BCUT2D eigenvalue weighted by atomic mass is 35.5. The summed E-state index contributed by atoms with van der Waals surface area (Å²) in [6.45, 7) is 2.69. The van der Waals surface area contributed by atoms with E-state index in [0.29, 0.717) is 25.4 Å². The van der Waals surface area contributed by atoms with Crippen LogP contribution in [0.25, 0.3) is 0 Å². The smallest absolute Gasteiger partial charge is 0.246 e. The van der Waals surface area contributed by atoms with Crippen molar-refractivity contribution in [2.45, 2.75) is 31.1 Å². The molecule has 0 heterocycles. The van der Waals surface area contributed by atoms with Crippen molar-refractivity contribution in [2.24, 2.45) is 5.92 Å². The Morgan fingerprint density at radius 1 is 1.45 bits per heavy atom. The van der Waals surface area contributed by atoms with Crippen LogP contribution in [0.3, 0.4) is 0 Å². The molecule has 0 atom stereocenters. The molecule has 0 saturated heterocycles. The number of nitrogens with two attached hydrogens (primary N) is 1. The second kappa shape index (κ2) is 5.87. The summed E-state index contributed by atoms with van der Waals surface area (Å²) < 4.78 is 40.5. The molecule has 2 rings (SSSR count). The Balaban J connectivity index is 2.40. The summed E-state index contributed by atoms with van der Waals surface area (Å²) in [5, 5.41) is 0.116. The molecule has 7 heteroatoms. The van der Waals surface area contributed by atoms with Gasteiger partial charge in [0.05, 0.1) is 5.69 Å². The molecular formula is C13H18ClFN2O2S. The molecule has 1 aromatic rings. The zero-order chi connectivity index (χ0) is 14.9. The van der Waals surface area contributed by atoms with Gasteiger partial charge in [-0.2, -0.15) is 4.31 Å². The van der Waals surface area contributed by atoms with E-state index < -0.39 is 20.7 Å². The maximum atomic E-state index is 14.0. The monoisotopic (exact) mass is 320 g/mol. The van der Waals surface area contributed by atoms with Crippen LogP contribution in [0.15, 0.2) is 17.0 Å². The maximum absolute atomic E-state index is 14.0. The molecule has 1 aliphatic rings. The number of hydrogen-bond donors (Lipinski definition) is 1. The van der Waals surface area contributed by atoms with Crippen LogP contribution in [0.4, 0.5) is 10.1 Å². The quantitative estimate of drug-likeness (QED) is 0.820. The molecule has 0 amide bonds. The van der Waals surface area contributed by atoms with Gasteiger partial charge in [-0.15, -0.1) is 0 Å². The number of anilines is 1. The summed E-state index contributed by atoms with van der Waals surface area (Å²) in [5.74, 6) is -0.540. The molecule has 0 radical (unpaired) electrons. The number of hydrogen-bond acceptors (Lipinski definition) is 3. The van der Waals surface area contributed by atoms with Crippen LogP contribution in [-0.4, -0.2) is 25.8 Å². The fraction of sp³-hybridized carbons (Fsp3) is 0.538. The van der Waals surface area contributed by atoms with E-state index in [-0.39, 0.29) is 10.7 Å². The predicted octanol–water partition coefficient (Wildman–Crippen LogP) is 2.87. The molecule has 0 aromatic heterocycles. The molecule has 0 aliphatic heterocycles. The molecule has 0 unspecified atom stereocenters. The van der Waals surface area contributed by atoms with Crippen molar-refractivity contribution >= 4 is 27.3 Å². The number of nitrogen functional groups attached to an aromatic ring is 1. The second-order valence-electron chi connectivity index (χ2n) is 5.11. The first-order valence-corrected chi connectivity index (χ1v) is 8.42. The Morgan fingerprint density at radius 2 is 2.10 bits per heavy atom. The minimum atomic E-state index is -3.90. The van der Waals surface area contributed by atoms with Crippen LogP contribution < -0.4 is 5.73 Å². The number of nitrogens with zero attached hydrogens (tertiary/aromatic N) is 1.